The van der Waals surface area contributed by atoms with Gasteiger partial charge in [-0.3, -0.25) is 14.1 Å². The van der Waals surface area contributed by atoms with E-state index in [1.165, 1.54) is 35.2 Å². The summed E-state index contributed by atoms with van der Waals surface area (Å²) in [6.07, 6.45) is 0. The van der Waals surface area contributed by atoms with Gasteiger partial charge in [-0.05, 0) is 31.2 Å². The number of fused-ring (bicyclic) bond motifs is 1. The number of ether oxygens (including phenoxy) is 1. The number of hydrogen-bond acceptors (Lipinski definition) is 8. The Morgan fingerprint density at radius 3 is 2.73 bits per heavy atom. The van der Waals surface area contributed by atoms with Crippen LogP contribution >= 0.6 is 23.1 Å². The van der Waals surface area contributed by atoms with Gasteiger partial charge < -0.3 is 9.30 Å². The molecule has 3 aromatic heterocycles. The minimum Gasteiger partial charge on any atom is -0.379 e. The molecule has 0 spiro atoms. The van der Waals surface area contributed by atoms with E-state index in [1.54, 1.807) is 22.6 Å². The van der Waals surface area contributed by atoms with Crippen LogP contribution in [0.5, 0.6) is 0 Å². The van der Waals surface area contributed by atoms with E-state index < -0.39 is 0 Å². The number of nitrogens with zero attached hydrogens (tertiary/aromatic N) is 6. The van der Waals surface area contributed by atoms with E-state index in [0.29, 0.717) is 28.8 Å². The first-order valence-electron chi connectivity index (χ1n) is 10.7. The molecule has 11 heteroatoms. The third-order valence-electron chi connectivity index (χ3n) is 5.54. The fourth-order valence-corrected chi connectivity index (χ4v) is 5.54. The molecular formula is C22H23FN6O2S2. The second kappa shape index (κ2) is 9.72. The van der Waals surface area contributed by atoms with Gasteiger partial charge in [-0.2, -0.15) is 0 Å². The summed E-state index contributed by atoms with van der Waals surface area (Å²) in [5.41, 5.74) is 2.33. The Morgan fingerprint density at radius 1 is 1.15 bits per heavy atom. The minimum absolute atomic E-state index is 0.0739. The van der Waals surface area contributed by atoms with Crippen LogP contribution in [0.4, 0.5) is 4.39 Å². The van der Waals surface area contributed by atoms with Crippen molar-refractivity contribution in [1.29, 1.82) is 0 Å². The molecule has 0 aliphatic carbocycles. The van der Waals surface area contributed by atoms with E-state index in [4.69, 9.17) is 4.74 Å². The molecule has 0 saturated carbocycles. The predicted octanol–water partition coefficient (Wildman–Crippen LogP) is 3.09. The van der Waals surface area contributed by atoms with Crippen LogP contribution in [0.1, 0.15) is 11.4 Å². The summed E-state index contributed by atoms with van der Waals surface area (Å²) in [4.78, 5) is 20.2. The molecule has 1 aromatic carbocycles. The number of thioether (sulfide) groups is 1. The van der Waals surface area contributed by atoms with Crippen LogP contribution < -0.4 is 5.56 Å². The van der Waals surface area contributed by atoms with Crippen LogP contribution in [-0.2, 0) is 17.0 Å². The smallest absolute Gasteiger partial charge is 0.258 e. The van der Waals surface area contributed by atoms with Crippen molar-refractivity contribution in [3.05, 3.63) is 63.3 Å². The highest BCUT2D eigenvalue weighted by Gasteiger charge is 2.18. The second-order valence-electron chi connectivity index (χ2n) is 7.79. The molecule has 33 heavy (non-hydrogen) atoms. The summed E-state index contributed by atoms with van der Waals surface area (Å²) in [5.74, 6) is 0.911. The van der Waals surface area contributed by atoms with Crippen molar-refractivity contribution in [2.45, 2.75) is 24.4 Å². The molecule has 0 radical (unpaired) electrons. The molecule has 5 rings (SSSR count). The molecule has 0 unspecified atom stereocenters. The molecule has 4 aromatic rings. The zero-order valence-corrected chi connectivity index (χ0v) is 19.7. The molecule has 0 N–H and O–H groups in total. The number of thiazole rings is 1. The summed E-state index contributed by atoms with van der Waals surface area (Å²) in [6, 6.07) is 7.87. The van der Waals surface area contributed by atoms with Gasteiger partial charge in [0.15, 0.2) is 15.9 Å². The Bertz CT molecular complexity index is 1310. The van der Waals surface area contributed by atoms with Gasteiger partial charge in [-0.15, -0.1) is 21.5 Å². The first kappa shape index (κ1) is 22.2. The minimum atomic E-state index is -0.288. The summed E-state index contributed by atoms with van der Waals surface area (Å²) in [5, 5.41) is 11.5. The number of aryl methyl sites for hydroxylation is 1. The van der Waals surface area contributed by atoms with Crippen LogP contribution in [-0.4, -0.2) is 61.9 Å². The Hall–Kier alpha value is -2.60. The Balaban J connectivity index is 1.39. The van der Waals surface area contributed by atoms with Crippen molar-refractivity contribution in [1.82, 2.24) is 29.0 Å². The maximum atomic E-state index is 13.5. The van der Waals surface area contributed by atoms with Crippen LogP contribution in [0.25, 0.3) is 16.3 Å². The van der Waals surface area contributed by atoms with Crippen molar-refractivity contribution in [2.24, 2.45) is 0 Å². The molecule has 1 saturated heterocycles. The van der Waals surface area contributed by atoms with Gasteiger partial charge in [-0.25, -0.2) is 9.37 Å². The fourth-order valence-electron chi connectivity index (χ4n) is 3.79. The zero-order valence-electron chi connectivity index (χ0n) is 18.1. The molecule has 4 heterocycles. The number of benzene rings is 1. The summed E-state index contributed by atoms with van der Waals surface area (Å²) < 4.78 is 22.6. The van der Waals surface area contributed by atoms with Crippen molar-refractivity contribution in [2.75, 3.05) is 32.8 Å². The van der Waals surface area contributed by atoms with Crippen LogP contribution in [0.2, 0.25) is 0 Å². The number of aromatic nitrogens is 5. The molecule has 172 valence electrons. The lowest BCUT2D eigenvalue weighted by Gasteiger charge is -2.27. The zero-order chi connectivity index (χ0) is 22.8. The average molecular weight is 487 g/mol. The lowest BCUT2D eigenvalue weighted by molar-refractivity contribution is 0.0361. The molecule has 8 nitrogen and oxygen atoms in total. The molecule has 1 fully saturated rings. The van der Waals surface area contributed by atoms with Crippen LogP contribution in [0.3, 0.4) is 0 Å². The van der Waals surface area contributed by atoms with Gasteiger partial charge >= 0.3 is 0 Å². The summed E-state index contributed by atoms with van der Waals surface area (Å²) in [6.45, 7) is 6.69. The normalized spacial score (nSPS) is 14.8. The van der Waals surface area contributed by atoms with Crippen molar-refractivity contribution in [3.63, 3.8) is 0 Å². The number of hydrogen-bond donors (Lipinski definition) is 0. The van der Waals surface area contributed by atoms with Gasteiger partial charge in [0.25, 0.3) is 5.56 Å². The van der Waals surface area contributed by atoms with Gasteiger partial charge in [0, 0.05) is 54.6 Å². The Kier molecular flexibility index (Phi) is 6.54. The average Bonchev–Trinajstić information content (AvgIpc) is 3.41. The first-order valence-corrected chi connectivity index (χ1v) is 12.5. The van der Waals surface area contributed by atoms with Crippen LogP contribution in [0.15, 0.2) is 45.7 Å². The van der Waals surface area contributed by atoms with E-state index in [0.717, 1.165) is 49.3 Å². The molecule has 0 atom stereocenters. The maximum Gasteiger partial charge on any atom is 0.258 e. The largest absolute Gasteiger partial charge is 0.379 e. The van der Waals surface area contributed by atoms with E-state index >= 15 is 0 Å². The highest BCUT2D eigenvalue weighted by molar-refractivity contribution is 7.98. The maximum absolute atomic E-state index is 13.5. The summed E-state index contributed by atoms with van der Waals surface area (Å²) >= 11 is 2.95. The highest BCUT2D eigenvalue weighted by atomic mass is 32.2. The van der Waals surface area contributed by atoms with Crippen molar-refractivity contribution in [3.8, 4) is 11.4 Å². The van der Waals surface area contributed by atoms with Crippen molar-refractivity contribution < 1.29 is 9.13 Å². The van der Waals surface area contributed by atoms with Crippen molar-refractivity contribution >= 4 is 28.1 Å². The first-order chi connectivity index (χ1) is 16.1. The lowest BCUT2D eigenvalue weighted by atomic mass is 10.2. The quantitative estimate of drug-likeness (QED) is 0.372. The SMILES string of the molecule is Cc1csc2nc(CSc3nnc(-c4ccc(F)cc4)n3CCN3CCOCC3)cc(=O)n12. The lowest BCUT2D eigenvalue weighted by Crippen LogP contribution is -2.38. The molecular weight excluding hydrogens is 463 g/mol. The monoisotopic (exact) mass is 486 g/mol. The van der Waals surface area contributed by atoms with Gasteiger partial charge in [0.1, 0.15) is 5.82 Å². The van der Waals surface area contributed by atoms with E-state index in [-0.39, 0.29) is 11.4 Å². The highest BCUT2D eigenvalue weighted by Crippen LogP contribution is 2.26. The van der Waals surface area contributed by atoms with Crippen LogP contribution in [0, 0.1) is 12.7 Å². The topological polar surface area (TPSA) is 77.6 Å². The van der Waals surface area contributed by atoms with Gasteiger partial charge in [-0.1, -0.05) is 11.8 Å². The van der Waals surface area contributed by atoms with Gasteiger partial charge in [0.2, 0.25) is 0 Å². The molecule has 1 aliphatic rings. The third kappa shape index (κ3) is 4.86. The Morgan fingerprint density at radius 2 is 1.94 bits per heavy atom. The summed E-state index contributed by atoms with van der Waals surface area (Å²) in [7, 11) is 0. The van der Waals surface area contributed by atoms with Gasteiger partial charge in [0.05, 0.1) is 18.9 Å². The third-order valence-corrected chi connectivity index (χ3v) is 7.48. The predicted molar refractivity (Wildman–Crippen MR) is 126 cm³/mol. The standard InChI is InChI=1S/C22H23FN6O2S2/c1-15-13-32-21-24-18(12-19(30)29(15)21)14-33-22-26-25-20(16-2-4-17(23)5-3-16)28(22)7-6-27-8-10-31-11-9-27/h2-5,12-13H,6-11,14H2,1H3. The molecule has 0 bridgehead atoms. The van der Waals surface area contributed by atoms with E-state index in [1.807, 2.05) is 12.3 Å². The molecule has 1 aliphatic heterocycles. The van der Waals surface area contributed by atoms with E-state index in [9.17, 15) is 9.18 Å². The number of rotatable bonds is 7. The Labute approximate surface area is 198 Å². The van der Waals surface area contributed by atoms with E-state index in [2.05, 4.69) is 24.6 Å². The fraction of sp³-hybridized carbons (Fsp3) is 0.364. The molecule has 0 amide bonds. The second-order valence-corrected chi connectivity index (χ2v) is 9.57. The number of halogens is 1. The number of morpholine rings is 1.